The van der Waals surface area contributed by atoms with E-state index in [1.807, 2.05) is 42.1 Å². The van der Waals surface area contributed by atoms with Gasteiger partial charge in [0, 0.05) is 18.0 Å². The van der Waals surface area contributed by atoms with Crippen molar-refractivity contribution in [3.05, 3.63) is 54.6 Å². The molecular formula is C16H16N6. The molecule has 4 rings (SSSR count). The third kappa shape index (κ3) is 2.23. The fraction of sp³-hybridized carbons (Fsp3) is 0.188. The molecule has 2 aromatic carbocycles. The molecule has 0 saturated carbocycles. The number of aromatic nitrogens is 2. The first kappa shape index (κ1) is 13.0. The molecular weight excluding hydrogens is 276 g/mol. The van der Waals surface area contributed by atoms with Gasteiger partial charge in [0.15, 0.2) is 6.17 Å². The summed E-state index contributed by atoms with van der Waals surface area (Å²) in [7, 11) is 1.83. The highest BCUT2D eigenvalue weighted by Gasteiger charge is 2.19. The maximum Gasteiger partial charge on any atom is 0.160 e. The van der Waals surface area contributed by atoms with Crippen LogP contribution in [0.3, 0.4) is 0 Å². The lowest BCUT2D eigenvalue weighted by Crippen LogP contribution is -2.35. The Morgan fingerprint density at radius 1 is 1.05 bits per heavy atom. The third-order valence-corrected chi connectivity index (χ3v) is 3.71. The second-order valence-corrected chi connectivity index (χ2v) is 5.29. The minimum Gasteiger partial charge on any atom is -0.261 e. The van der Waals surface area contributed by atoms with Crippen LogP contribution in [0.4, 0.5) is 0 Å². The Balaban J connectivity index is 1.78. The summed E-state index contributed by atoms with van der Waals surface area (Å²) < 4.78 is 1.99. The molecule has 2 heterocycles. The van der Waals surface area contributed by atoms with Gasteiger partial charge < -0.3 is 0 Å². The number of para-hydroxylation sites is 1. The molecule has 1 atom stereocenters. The van der Waals surface area contributed by atoms with Crippen LogP contribution in [0.25, 0.3) is 22.2 Å². The molecule has 1 N–H and O–H groups in total. The summed E-state index contributed by atoms with van der Waals surface area (Å²) in [4.78, 5) is 0. The first-order valence-corrected chi connectivity index (χ1v) is 7.23. The van der Waals surface area contributed by atoms with Crippen LogP contribution < -0.4 is 5.43 Å². The van der Waals surface area contributed by atoms with Gasteiger partial charge in [-0.15, -0.1) is 5.11 Å². The van der Waals surface area contributed by atoms with Crippen molar-refractivity contribution in [1.82, 2.24) is 20.3 Å². The van der Waals surface area contributed by atoms with Crippen LogP contribution in [0.15, 0.2) is 64.9 Å². The van der Waals surface area contributed by atoms with E-state index in [0.29, 0.717) is 6.54 Å². The lowest BCUT2D eigenvalue weighted by atomic mass is 10.1. The SMILES string of the molecule is CN1N=NC(Cn2nc(-c3ccccc3)c3ccccc32)N1. The van der Waals surface area contributed by atoms with Crippen molar-refractivity contribution >= 4 is 10.9 Å². The summed E-state index contributed by atoms with van der Waals surface area (Å²) in [6.07, 6.45) is -0.0862. The van der Waals surface area contributed by atoms with Crippen molar-refractivity contribution in [2.75, 3.05) is 7.05 Å². The van der Waals surface area contributed by atoms with E-state index >= 15 is 0 Å². The molecule has 110 valence electrons. The van der Waals surface area contributed by atoms with E-state index in [1.165, 1.54) is 0 Å². The Bertz CT molecular complexity index is 823. The Morgan fingerprint density at radius 3 is 2.59 bits per heavy atom. The summed E-state index contributed by atoms with van der Waals surface area (Å²) in [6, 6.07) is 18.5. The maximum absolute atomic E-state index is 4.80. The second-order valence-electron chi connectivity index (χ2n) is 5.29. The Kier molecular flexibility index (Phi) is 3.08. The standard InChI is InChI=1S/C16H16N6/c1-21-18-15(17-20-21)11-22-14-10-6-5-9-13(14)16(19-22)12-7-3-2-4-8-12/h2-10,15,18H,11H2,1H3. The van der Waals surface area contributed by atoms with Crippen LogP contribution in [0, 0.1) is 0 Å². The molecule has 0 radical (unpaired) electrons. The summed E-state index contributed by atoms with van der Waals surface area (Å²) >= 11 is 0. The molecule has 1 unspecified atom stereocenters. The molecule has 3 aromatic rings. The average molecular weight is 292 g/mol. The van der Waals surface area contributed by atoms with Gasteiger partial charge in [-0.1, -0.05) is 53.8 Å². The van der Waals surface area contributed by atoms with Crippen molar-refractivity contribution in [2.45, 2.75) is 12.7 Å². The first-order valence-electron chi connectivity index (χ1n) is 7.23. The lowest BCUT2D eigenvalue weighted by Gasteiger charge is -2.10. The van der Waals surface area contributed by atoms with Gasteiger partial charge in [-0.05, 0) is 6.07 Å². The number of nitrogens with one attached hydrogen (secondary N) is 1. The van der Waals surface area contributed by atoms with Crippen molar-refractivity contribution in [2.24, 2.45) is 10.3 Å². The van der Waals surface area contributed by atoms with E-state index in [1.54, 1.807) is 5.12 Å². The van der Waals surface area contributed by atoms with Crippen molar-refractivity contribution < 1.29 is 0 Å². The van der Waals surface area contributed by atoms with E-state index in [9.17, 15) is 0 Å². The van der Waals surface area contributed by atoms with E-state index in [-0.39, 0.29) is 6.17 Å². The van der Waals surface area contributed by atoms with Crippen molar-refractivity contribution in [1.29, 1.82) is 0 Å². The lowest BCUT2D eigenvalue weighted by molar-refractivity contribution is 0.250. The first-order chi connectivity index (χ1) is 10.8. The molecule has 0 fully saturated rings. The number of hydrogen-bond acceptors (Lipinski definition) is 5. The largest absolute Gasteiger partial charge is 0.261 e. The number of rotatable bonds is 3. The molecule has 1 aliphatic heterocycles. The van der Waals surface area contributed by atoms with Crippen molar-refractivity contribution in [3.63, 3.8) is 0 Å². The zero-order valence-corrected chi connectivity index (χ0v) is 12.2. The summed E-state index contributed by atoms with van der Waals surface area (Å²) in [6.45, 7) is 0.640. The molecule has 6 nitrogen and oxygen atoms in total. The fourth-order valence-corrected chi connectivity index (χ4v) is 2.72. The van der Waals surface area contributed by atoms with Crippen LogP contribution in [0.2, 0.25) is 0 Å². The minimum atomic E-state index is -0.0862. The summed E-state index contributed by atoms with van der Waals surface area (Å²) in [5.41, 5.74) is 6.38. The second kappa shape index (κ2) is 5.23. The Hall–Kier alpha value is -2.73. The third-order valence-electron chi connectivity index (χ3n) is 3.71. The zero-order valence-electron chi connectivity index (χ0n) is 12.2. The Labute approximate surface area is 128 Å². The molecule has 0 bridgehead atoms. The highest BCUT2D eigenvalue weighted by molar-refractivity contribution is 5.93. The number of hydrazine groups is 1. The smallest absolute Gasteiger partial charge is 0.160 e. The normalized spacial score (nSPS) is 17.5. The Morgan fingerprint density at radius 2 is 1.82 bits per heavy atom. The van der Waals surface area contributed by atoms with E-state index < -0.39 is 0 Å². The molecule has 0 spiro atoms. The van der Waals surface area contributed by atoms with Gasteiger partial charge in [0.05, 0.1) is 12.1 Å². The van der Waals surface area contributed by atoms with Crippen LogP contribution in [0.1, 0.15) is 0 Å². The highest BCUT2D eigenvalue weighted by Crippen LogP contribution is 2.28. The van der Waals surface area contributed by atoms with Gasteiger partial charge in [-0.3, -0.25) is 4.68 Å². The predicted octanol–water partition coefficient (Wildman–Crippen LogP) is 2.85. The van der Waals surface area contributed by atoms with E-state index in [2.05, 4.69) is 40.0 Å². The molecule has 1 aromatic heterocycles. The summed E-state index contributed by atoms with van der Waals surface area (Å²) in [5, 5.41) is 15.7. The quantitative estimate of drug-likeness (QED) is 0.807. The van der Waals surface area contributed by atoms with Crippen LogP contribution >= 0.6 is 0 Å². The van der Waals surface area contributed by atoms with Crippen LogP contribution in [-0.2, 0) is 6.54 Å². The van der Waals surface area contributed by atoms with Gasteiger partial charge in [-0.25, -0.2) is 5.12 Å². The van der Waals surface area contributed by atoms with Gasteiger partial charge in [0.1, 0.15) is 5.69 Å². The molecule has 6 heteroatoms. The van der Waals surface area contributed by atoms with Gasteiger partial charge >= 0.3 is 0 Å². The minimum absolute atomic E-state index is 0.0862. The number of benzene rings is 2. The predicted molar refractivity (Wildman–Crippen MR) is 84.7 cm³/mol. The van der Waals surface area contributed by atoms with Gasteiger partial charge in [0.2, 0.25) is 0 Å². The number of nitrogens with zero attached hydrogens (tertiary/aromatic N) is 5. The molecule has 22 heavy (non-hydrogen) atoms. The van der Waals surface area contributed by atoms with E-state index in [0.717, 1.165) is 22.2 Å². The molecule has 1 aliphatic rings. The monoisotopic (exact) mass is 292 g/mol. The summed E-state index contributed by atoms with van der Waals surface area (Å²) in [5.74, 6) is 0. The molecule has 0 aliphatic carbocycles. The van der Waals surface area contributed by atoms with Gasteiger partial charge in [-0.2, -0.15) is 10.5 Å². The van der Waals surface area contributed by atoms with Crippen LogP contribution in [-0.4, -0.2) is 28.1 Å². The topological polar surface area (TPSA) is 57.8 Å². The maximum atomic E-state index is 4.80. The van der Waals surface area contributed by atoms with E-state index in [4.69, 9.17) is 5.10 Å². The van der Waals surface area contributed by atoms with Gasteiger partial charge in [0.25, 0.3) is 0 Å². The number of fused-ring (bicyclic) bond motifs is 1. The fourth-order valence-electron chi connectivity index (χ4n) is 2.72. The van der Waals surface area contributed by atoms with Crippen LogP contribution in [0.5, 0.6) is 0 Å². The number of hydrogen-bond donors (Lipinski definition) is 1. The molecule has 0 saturated heterocycles. The molecule has 0 amide bonds. The average Bonchev–Trinajstić information content (AvgIpc) is 3.13. The highest BCUT2D eigenvalue weighted by atomic mass is 15.8. The zero-order chi connectivity index (χ0) is 14.9. The van der Waals surface area contributed by atoms with Crippen molar-refractivity contribution in [3.8, 4) is 11.3 Å².